The summed E-state index contributed by atoms with van der Waals surface area (Å²) < 4.78 is 15.3. The highest BCUT2D eigenvalue weighted by Crippen LogP contribution is 2.37. The van der Waals surface area contributed by atoms with Crippen molar-refractivity contribution in [3.8, 4) is 0 Å². The summed E-state index contributed by atoms with van der Waals surface area (Å²) in [5.74, 6) is -0.649. The van der Waals surface area contributed by atoms with Crippen LogP contribution < -0.4 is 15.5 Å². The fourth-order valence-corrected chi connectivity index (χ4v) is 6.61. The molecule has 6 rings (SSSR count). The van der Waals surface area contributed by atoms with Gasteiger partial charge in [-0.3, -0.25) is 14.9 Å². The molecule has 0 spiro atoms. The fraction of sp³-hybridized carbons (Fsp3) is 0.355. The number of likely N-dealkylation sites (tertiary alicyclic amines) is 1. The summed E-state index contributed by atoms with van der Waals surface area (Å²) in [6.07, 6.45) is 7.20. The number of thiazole rings is 1. The van der Waals surface area contributed by atoms with Gasteiger partial charge in [-0.25, -0.2) is 9.97 Å². The lowest BCUT2D eigenvalue weighted by molar-refractivity contribution is -0.129. The monoisotopic (exact) mass is 587 g/mol. The van der Waals surface area contributed by atoms with Gasteiger partial charge in [-0.05, 0) is 79.8 Å². The highest BCUT2D eigenvalue weighted by molar-refractivity contribution is 7.14. The Morgan fingerprint density at radius 3 is 2.64 bits per heavy atom. The number of carbonyl (C=O) groups excluding carboxylic acids is 2. The quantitative estimate of drug-likeness (QED) is 0.263. The van der Waals surface area contributed by atoms with Crippen molar-refractivity contribution in [3.63, 3.8) is 0 Å². The smallest absolute Gasteiger partial charge is 0.274 e. The minimum absolute atomic E-state index is 0.145. The molecule has 11 heteroatoms. The summed E-state index contributed by atoms with van der Waals surface area (Å²) in [5, 5.41) is 9.16. The van der Waals surface area contributed by atoms with Gasteiger partial charge in [0.2, 0.25) is 11.9 Å². The summed E-state index contributed by atoms with van der Waals surface area (Å²) in [4.78, 5) is 37.4. The molecule has 2 N–H and O–H groups in total. The number of hydrogen-bond acceptors (Lipinski definition) is 7. The number of halogens is 1. The Morgan fingerprint density at radius 2 is 1.88 bits per heavy atom. The number of hydrogen-bond donors (Lipinski definition) is 2. The standard InChI is InChI=1S/C31H34FN7O2S/c1-21(40)37-16-11-24(12-17-37)34-23-6-8-25(9-7-23)39-15-3-4-27(39)26-20-42-31(35-26)36-30(41)28-5-2-14-38(28)19-22-10-13-33-29(32)18-22/h2,5-10,13-14,18,20,24,27,34H,3-4,11-12,15-17,19H2,1H3,(H,35,36,41). The molecular weight excluding hydrogens is 553 g/mol. The Hall–Kier alpha value is -4.25. The average Bonchev–Trinajstić information content (AvgIpc) is 3.75. The van der Waals surface area contributed by atoms with Crippen LogP contribution in [0.15, 0.2) is 66.3 Å². The van der Waals surface area contributed by atoms with Gasteiger partial charge in [0.1, 0.15) is 5.69 Å². The second-order valence-corrected chi connectivity index (χ2v) is 11.7. The maximum Gasteiger partial charge on any atom is 0.274 e. The molecule has 0 bridgehead atoms. The molecule has 2 aliphatic rings. The summed E-state index contributed by atoms with van der Waals surface area (Å²) in [7, 11) is 0. The molecule has 9 nitrogen and oxygen atoms in total. The van der Waals surface area contributed by atoms with E-state index in [1.165, 1.54) is 23.6 Å². The topological polar surface area (TPSA) is 95.4 Å². The number of nitrogens with zero attached hydrogens (tertiary/aromatic N) is 5. The highest BCUT2D eigenvalue weighted by atomic mass is 32.1. The van der Waals surface area contributed by atoms with Crippen LogP contribution in [0.3, 0.4) is 0 Å². The van der Waals surface area contributed by atoms with Crippen molar-refractivity contribution in [1.29, 1.82) is 0 Å². The predicted molar refractivity (Wildman–Crippen MR) is 162 cm³/mol. The van der Waals surface area contributed by atoms with E-state index < -0.39 is 5.95 Å². The zero-order chi connectivity index (χ0) is 29.1. The summed E-state index contributed by atoms with van der Waals surface area (Å²) in [5.41, 5.74) is 4.40. The molecule has 4 aromatic rings. The van der Waals surface area contributed by atoms with Gasteiger partial charge in [0.05, 0.1) is 11.7 Å². The number of nitrogens with one attached hydrogen (secondary N) is 2. The van der Waals surface area contributed by atoms with Crippen LogP contribution in [0.4, 0.5) is 20.9 Å². The molecule has 1 atom stereocenters. The number of anilines is 3. The van der Waals surface area contributed by atoms with Crippen molar-refractivity contribution in [1.82, 2.24) is 19.4 Å². The third-order valence-electron chi connectivity index (χ3n) is 8.05. The second-order valence-electron chi connectivity index (χ2n) is 10.9. The Bertz CT molecular complexity index is 1540. The lowest BCUT2D eigenvalue weighted by Gasteiger charge is -2.32. The van der Waals surface area contributed by atoms with Gasteiger partial charge in [0, 0.05) is 68.3 Å². The zero-order valence-corrected chi connectivity index (χ0v) is 24.3. The van der Waals surface area contributed by atoms with Gasteiger partial charge in [0.15, 0.2) is 5.13 Å². The Labute approximate surface area is 248 Å². The molecule has 0 aliphatic carbocycles. The van der Waals surface area contributed by atoms with Gasteiger partial charge in [-0.15, -0.1) is 11.3 Å². The van der Waals surface area contributed by atoms with Crippen LogP contribution in [0.5, 0.6) is 0 Å². The first-order chi connectivity index (χ1) is 20.4. The van der Waals surface area contributed by atoms with Gasteiger partial charge < -0.3 is 19.7 Å². The maximum atomic E-state index is 13.5. The molecule has 1 unspecified atom stereocenters. The molecule has 2 amide bonds. The Morgan fingerprint density at radius 1 is 1.07 bits per heavy atom. The van der Waals surface area contributed by atoms with Crippen LogP contribution in [0, 0.1) is 5.95 Å². The van der Waals surface area contributed by atoms with Crippen LogP contribution in [0.1, 0.15) is 60.4 Å². The molecule has 42 heavy (non-hydrogen) atoms. The van der Waals surface area contributed by atoms with Gasteiger partial charge in [-0.2, -0.15) is 4.39 Å². The number of benzene rings is 1. The first-order valence-electron chi connectivity index (χ1n) is 14.3. The third-order valence-corrected chi connectivity index (χ3v) is 8.83. The minimum atomic E-state index is -0.544. The van der Waals surface area contributed by atoms with Crippen LogP contribution >= 0.6 is 11.3 Å². The van der Waals surface area contributed by atoms with E-state index in [1.54, 1.807) is 35.9 Å². The van der Waals surface area contributed by atoms with Crippen molar-refractivity contribution in [3.05, 3.63) is 89.2 Å². The largest absolute Gasteiger partial charge is 0.382 e. The second kappa shape index (κ2) is 12.3. The number of amides is 2. The SMILES string of the molecule is CC(=O)N1CCC(Nc2ccc(N3CCCC3c3csc(NC(=O)c4cccn4Cc4ccnc(F)c4)n3)cc2)CC1. The van der Waals surface area contributed by atoms with Crippen LogP contribution in [0.25, 0.3) is 0 Å². The average molecular weight is 588 g/mol. The molecule has 5 heterocycles. The normalized spacial score (nSPS) is 17.4. The van der Waals surface area contributed by atoms with E-state index in [9.17, 15) is 14.0 Å². The first kappa shape index (κ1) is 27.9. The van der Waals surface area contributed by atoms with E-state index in [1.807, 2.05) is 10.3 Å². The summed E-state index contributed by atoms with van der Waals surface area (Å²) in [6.45, 7) is 4.55. The summed E-state index contributed by atoms with van der Waals surface area (Å²) >= 11 is 1.42. The van der Waals surface area contributed by atoms with Gasteiger partial charge >= 0.3 is 0 Å². The lowest BCUT2D eigenvalue weighted by Crippen LogP contribution is -2.41. The van der Waals surface area contributed by atoms with Crippen LogP contribution in [-0.4, -0.2) is 56.9 Å². The molecule has 0 saturated carbocycles. The predicted octanol–water partition coefficient (Wildman–Crippen LogP) is 5.54. The lowest BCUT2D eigenvalue weighted by atomic mass is 10.0. The van der Waals surface area contributed by atoms with E-state index in [0.717, 1.165) is 67.9 Å². The number of aromatic nitrogens is 3. The molecular formula is C31H34FN7O2S. The first-order valence-corrected chi connectivity index (χ1v) is 15.2. The maximum absolute atomic E-state index is 13.5. The summed E-state index contributed by atoms with van der Waals surface area (Å²) in [6, 6.07) is 15.7. The van der Waals surface area contributed by atoms with Gasteiger partial charge in [-0.1, -0.05) is 0 Å². The minimum Gasteiger partial charge on any atom is -0.382 e. The fourth-order valence-electron chi connectivity index (χ4n) is 5.86. The molecule has 3 aromatic heterocycles. The molecule has 0 radical (unpaired) electrons. The molecule has 2 saturated heterocycles. The highest BCUT2D eigenvalue weighted by Gasteiger charge is 2.29. The van der Waals surface area contributed by atoms with E-state index >= 15 is 0 Å². The Kier molecular flexibility index (Phi) is 8.18. The number of rotatable bonds is 8. The van der Waals surface area contributed by atoms with E-state index in [0.29, 0.717) is 23.4 Å². The van der Waals surface area contributed by atoms with E-state index in [4.69, 9.17) is 4.98 Å². The number of carbonyl (C=O) groups is 2. The zero-order valence-electron chi connectivity index (χ0n) is 23.5. The van der Waals surface area contributed by atoms with E-state index in [-0.39, 0.29) is 17.9 Å². The van der Waals surface area contributed by atoms with Crippen LogP contribution in [0.2, 0.25) is 0 Å². The van der Waals surface area contributed by atoms with Crippen molar-refractivity contribution < 1.29 is 14.0 Å². The van der Waals surface area contributed by atoms with Crippen LogP contribution in [-0.2, 0) is 11.3 Å². The van der Waals surface area contributed by atoms with Crippen molar-refractivity contribution in [2.45, 2.75) is 51.2 Å². The molecule has 218 valence electrons. The van der Waals surface area contributed by atoms with Crippen molar-refractivity contribution in [2.24, 2.45) is 0 Å². The number of pyridine rings is 1. The van der Waals surface area contributed by atoms with E-state index in [2.05, 4.69) is 44.8 Å². The van der Waals surface area contributed by atoms with Crippen molar-refractivity contribution >= 4 is 39.7 Å². The number of piperidine rings is 1. The molecule has 2 aliphatic heterocycles. The molecule has 2 fully saturated rings. The van der Waals surface area contributed by atoms with Gasteiger partial charge in [0.25, 0.3) is 5.91 Å². The Balaban J connectivity index is 1.07. The molecule has 1 aromatic carbocycles. The van der Waals surface area contributed by atoms with Crippen molar-refractivity contribution in [2.75, 3.05) is 35.2 Å². The third kappa shape index (κ3) is 6.30.